The number of hydrogen-bond donors (Lipinski definition) is 1. The van der Waals surface area contributed by atoms with E-state index in [1.54, 1.807) is 0 Å². The average Bonchev–Trinajstić information content (AvgIpc) is 2.21. The number of aliphatic hydroxyl groups is 1. The molecule has 0 amide bonds. The van der Waals surface area contributed by atoms with Crippen molar-refractivity contribution in [2.24, 2.45) is 0 Å². The zero-order valence-corrected chi connectivity index (χ0v) is 8.28. The number of aliphatic hydroxyl groups excluding tert-OH is 1. The van der Waals surface area contributed by atoms with E-state index in [1.807, 2.05) is 30.3 Å². The topological polar surface area (TPSA) is 29.5 Å². The van der Waals surface area contributed by atoms with Crippen LogP contribution in [0, 0.1) is 0 Å². The van der Waals surface area contributed by atoms with Crippen molar-refractivity contribution in [3.8, 4) is 5.75 Å². The predicted octanol–water partition coefficient (Wildman–Crippen LogP) is 2.18. The lowest BCUT2D eigenvalue weighted by molar-refractivity contribution is 0.233. The Morgan fingerprint density at radius 2 is 2.00 bits per heavy atom. The van der Waals surface area contributed by atoms with Gasteiger partial charge in [0, 0.05) is 13.0 Å². The Morgan fingerprint density at radius 1 is 1.29 bits per heavy atom. The van der Waals surface area contributed by atoms with E-state index in [2.05, 4.69) is 6.58 Å². The molecule has 0 heterocycles. The molecule has 0 saturated carbocycles. The third-order valence-electron chi connectivity index (χ3n) is 1.87. The van der Waals surface area contributed by atoms with E-state index in [0.717, 1.165) is 12.2 Å². The average molecular weight is 192 g/mol. The van der Waals surface area contributed by atoms with Crippen LogP contribution < -0.4 is 4.74 Å². The van der Waals surface area contributed by atoms with Crippen molar-refractivity contribution in [2.75, 3.05) is 13.2 Å². The second-order valence-electron chi connectivity index (χ2n) is 3.06. The molecule has 14 heavy (non-hydrogen) atoms. The molecule has 0 spiro atoms. The van der Waals surface area contributed by atoms with Gasteiger partial charge < -0.3 is 9.84 Å². The Labute approximate surface area is 84.8 Å². The van der Waals surface area contributed by atoms with Gasteiger partial charge in [0.1, 0.15) is 5.75 Å². The second-order valence-corrected chi connectivity index (χ2v) is 3.06. The molecule has 2 heteroatoms. The van der Waals surface area contributed by atoms with E-state index in [4.69, 9.17) is 9.84 Å². The van der Waals surface area contributed by atoms with Crippen molar-refractivity contribution in [1.29, 1.82) is 0 Å². The minimum Gasteiger partial charge on any atom is -0.494 e. The summed E-state index contributed by atoms with van der Waals surface area (Å²) in [6.07, 6.45) is 3.44. The van der Waals surface area contributed by atoms with Crippen LogP contribution in [0.2, 0.25) is 0 Å². The van der Waals surface area contributed by atoms with Crippen LogP contribution in [0.15, 0.2) is 36.9 Å². The smallest absolute Gasteiger partial charge is 0.119 e. The first kappa shape index (κ1) is 10.8. The van der Waals surface area contributed by atoms with Gasteiger partial charge in [-0.25, -0.2) is 0 Å². The molecule has 0 saturated heterocycles. The van der Waals surface area contributed by atoms with Crippen molar-refractivity contribution in [3.05, 3.63) is 42.5 Å². The largest absolute Gasteiger partial charge is 0.494 e. The Bertz CT molecular complexity index is 264. The van der Waals surface area contributed by atoms with Crippen LogP contribution in [0.5, 0.6) is 5.75 Å². The molecule has 1 aromatic carbocycles. The van der Waals surface area contributed by atoms with Crippen LogP contribution in [0.25, 0.3) is 0 Å². The molecule has 1 aromatic rings. The van der Waals surface area contributed by atoms with Crippen LogP contribution in [0.3, 0.4) is 0 Å². The molecule has 0 aromatic heterocycles. The van der Waals surface area contributed by atoms with Gasteiger partial charge in [-0.3, -0.25) is 0 Å². The third kappa shape index (κ3) is 3.62. The number of hydrogen-bond acceptors (Lipinski definition) is 2. The lowest BCUT2D eigenvalue weighted by atomic mass is 10.1. The minimum atomic E-state index is 0.175. The standard InChI is InChI=1S/C12H16O2/c1-2-4-11-5-7-12(8-6-11)14-10-3-9-13/h2,5-8,13H,1,3-4,9-10H2. The highest BCUT2D eigenvalue weighted by Gasteiger charge is 1.93. The van der Waals surface area contributed by atoms with Gasteiger partial charge in [0.15, 0.2) is 0 Å². The summed E-state index contributed by atoms with van der Waals surface area (Å²) in [5, 5.41) is 8.57. The molecule has 0 aliphatic rings. The predicted molar refractivity (Wildman–Crippen MR) is 57.5 cm³/mol. The molecule has 0 atom stereocenters. The molecule has 0 aliphatic heterocycles. The molecule has 1 rings (SSSR count). The molecule has 0 aliphatic carbocycles. The van der Waals surface area contributed by atoms with Crippen LogP contribution in [0.1, 0.15) is 12.0 Å². The molecule has 0 fully saturated rings. The highest BCUT2D eigenvalue weighted by molar-refractivity contribution is 5.28. The molecule has 2 nitrogen and oxygen atoms in total. The summed E-state index contributed by atoms with van der Waals surface area (Å²) in [5.41, 5.74) is 1.23. The fourth-order valence-electron chi connectivity index (χ4n) is 1.14. The van der Waals surface area contributed by atoms with Gasteiger partial charge in [-0.1, -0.05) is 18.2 Å². The lowest BCUT2D eigenvalue weighted by Crippen LogP contribution is -1.99. The van der Waals surface area contributed by atoms with E-state index in [0.29, 0.717) is 13.0 Å². The van der Waals surface area contributed by atoms with E-state index in [1.165, 1.54) is 5.56 Å². The zero-order valence-electron chi connectivity index (χ0n) is 8.28. The Hall–Kier alpha value is -1.28. The van der Waals surface area contributed by atoms with Crippen molar-refractivity contribution in [3.63, 3.8) is 0 Å². The quantitative estimate of drug-likeness (QED) is 0.553. The summed E-state index contributed by atoms with van der Waals surface area (Å²) in [4.78, 5) is 0. The monoisotopic (exact) mass is 192 g/mol. The molecular weight excluding hydrogens is 176 g/mol. The molecule has 0 bridgehead atoms. The van der Waals surface area contributed by atoms with Gasteiger partial charge in [-0.2, -0.15) is 0 Å². The van der Waals surface area contributed by atoms with E-state index < -0.39 is 0 Å². The molecule has 0 unspecified atom stereocenters. The van der Waals surface area contributed by atoms with Crippen molar-refractivity contribution in [1.82, 2.24) is 0 Å². The van der Waals surface area contributed by atoms with Gasteiger partial charge >= 0.3 is 0 Å². The summed E-state index contributed by atoms with van der Waals surface area (Å²) in [7, 11) is 0. The Kier molecular flexibility index (Phi) is 4.79. The Morgan fingerprint density at radius 3 is 2.57 bits per heavy atom. The van der Waals surface area contributed by atoms with Crippen LogP contribution in [0.4, 0.5) is 0 Å². The summed E-state index contributed by atoms with van der Waals surface area (Å²) < 4.78 is 5.39. The molecule has 76 valence electrons. The highest BCUT2D eigenvalue weighted by atomic mass is 16.5. The zero-order chi connectivity index (χ0) is 10.2. The van der Waals surface area contributed by atoms with Gasteiger partial charge in [0.2, 0.25) is 0 Å². The maximum atomic E-state index is 8.57. The Balaban J connectivity index is 2.42. The van der Waals surface area contributed by atoms with Crippen LogP contribution >= 0.6 is 0 Å². The summed E-state index contributed by atoms with van der Waals surface area (Å²) in [5.74, 6) is 0.853. The summed E-state index contributed by atoms with van der Waals surface area (Å²) >= 11 is 0. The maximum absolute atomic E-state index is 8.57. The van der Waals surface area contributed by atoms with Crippen LogP contribution in [-0.2, 0) is 6.42 Å². The third-order valence-corrected chi connectivity index (χ3v) is 1.87. The van der Waals surface area contributed by atoms with Crippen molar-refractivity contribution in [2.45, 2.75) is 12.8 Å². The first-order valence-corrected chi connectivity index (χ1v) is 4.80. The summed E-state index contributed by atoms with van der Waals surface area (Å²) in [6, 6.07) is 7.93. The normalized spacial score (nSPS) is 9.79. The van der Waals surface area contributed by atoms with E-state index in [-0.39, 0.29) is 6.61 Å². The van der Waals surface area contributed by atoms with Crippen molar-refractivity contribution >= 4 is 0 Å². The SMILES string of the molecule is C=CCc1ccc(OCCCO)cc1. The number of ether oxygens (including phenoxy) is 1. The second kappa shape index (κ2) is 6.22. The van der Waals surface area contributed by atoms with E-state index >= 15 is 0 Å². The summed E-state index contributed by atoms with van der Waals surface area (Å²) in [6.45, 7) is 4.42. The maximum Gasteiger partial charge on any atom is 0.119 e. The fourth-order valence-corrected chi connectivity index (χ4v) is 1.14. The highest BCUT2D eigenvalue weighted by Crippen LogP contribution is 2.12. The minimum absolute atomic E-state index is 0.175. The van der Waals surface area contributed by atoms with Gasteiger partial charge in [0.05, 0.1) is 6.61 Å². The van der Waals surface area contributed by atoms with Gasteiger partial charge in [-0.05, 0) is 24.1 Å². The molecular formula is C12H16O2. The number of rotatable bonds is 6. The number of benzene rings is 1. The number of allylic oxidation sites excluding steroid dienone is 1. The van der Waals surface area contributed by atoms with Gasteiger partial charge in [0.25, 0.3) is 0 Å². The first-order chi connectivity index (χ1) is 6.86. The van der Waals surface area contributed by atoms with Crippen molar-refractivity contribution < 1.29 is 9.84 Å². The van der Waals surface area contributed by atoms with E-state index in [9.17, 15) is 0 Å². The fraction of sp³-hybridized carbons (Fsp3) is 0.333. The first-order valence-electron chi connectivity index (χ1n) is 4.80. The van der Waals surface area contributed by atoms with Crippen LogP contribution in [-0.4, -0.2) is 18.3 Å². The van der Waals surface area contributed by atoms with Gasteiger partial charge in [-0.15, -0.1) is 6.58 Å². The molecule has 0 radical (unpaired) electrons. The molecule has 1 N–H and O–H groups in total. The lowest BCUT2D eigenvalue weighted by Gasteiger charge is -2.05.